The maximum absolute atomic E-state index is 6.05. The molecule has 1 aromatic carbocycles. The van der Waals surface area contributed by atoms with E-state index in [1.54, 1.807) is 19.5 Å². The lowest BCUT2D eigenvalue weighted by molar-refractivity contribution is 0.173. The summed E-state index contributed by atoms with van der Waals surface area (Å²) < 4.78 is 11.1. The first-order chi connectivity index (χ1) is 13.6. The van der Waals surface area contributed by atoms with Gasteiger partial charge in [-0.15, -0.1) is 10.2 Å². The van der Waals surface area contributed by atoms with Crippen molar-refractivity contribution < 1.29 is 9.15 Å². The number of hydrogen-bond acceptors (Lipinski definition) is 8. The van der Waals surface area contributed by atoms with E-state index in [0.717, 1.165) is 37.6 Å². The van der Waals surface area contributed by atoms with Crippen LogP contribution < -0.4 is 9.64 Å². The van der Waals surface area contributed by atoms with Gasteiger partial charge in [0.15, 0.2) is 5.82 Å². The lowest BCUT2D eigenvalue weighted by Crippen LogP contribution is -2.47. The highest BCUT2D eigenvalue weighted by Gasteiger charge is 2.26. The van der Waals surface area contributed by atoms with Gasteiger partial charge in [-0.25, -0.2) is 0 Å². The van der Waals surface area contributed by atoms with Crippen molar-refractivity contribution in [1.29, 1.82) is 0 Å². The minimum Gasteiger partial charge on any atom is -0.480 e. The number of benzene rings is 1. The van der Waals surface area contributed by atoms with Gasteiger partial charge < -0.3 is 14.1 Å². The predicted molar refractivity (Wildman–Crippen MR) is 106 cm³/mol. The quantitative estimate of drug-likeness (QED) is 0.646. The summed E-state index contributed by atoms with van der Waals surface area (Å²) in [6.45, 7) is 5.46. The van der Waals surface area contributed by atoms with Crippen LogP contribution in [0.15, 0.2) is 41.1 Å². The van der Waals surface area contributed by atoms with Crippen LogP contribution in [-0.2, 0) is 0 Å². The SMILES string of the molecule is COc1cncc(N2CCN(C(C)c3nnc(-c4cccc(Cl)c4)o3)CC2)n1. The molecule has 2 aromatic heterocycles. The van der Waals surface area contributed by atoms with Crippen LogP contribution in [0.25, 0.3) is 11.5 Å². The average molecular weight is 401 g/mol. The number of piperazine rings is 1. The normalized spacial score (nSPS) is 16.2. The maximum atomic E-state index is 6.05. The molecule has 0 aliphatic carbocycles. The van der Waals surface area contributed by atoms with Crippen molar-refractivity contribution in [2.75, 3.05) is 38.2 Å². The van der Waals surface area contributed by atoms with E-state index in [1.165, 1.54) is 0 Å². The Morgan fingerprint density at radius 1 is 1.14 bits per heavy atom. The Bertz CT molecular complexity index is 941. The summed E-state index contributed by atoms with van der Waals surface area (Å²) in [5, 5.41) is 9.06. The summed E-state index contributed by atoms with van der Waals surface area (Å²) in [7, 11) is 1.59. The molecule has 4 rings (SSSR count). The average Bonchev–Trinajstić information content (AvgIpc) is 3.24. The highest BCUT2D eigenvalue weighted by molar-refractivity contribution is 6.30. The summed E-state index contributed by atoms with van der Waals surface area (Å²) in [6.07, 6.45) is 3.37. The summed E-state index contributed by atoms with van der Waals surface area (Å²) in [6, 6.07) is 7.43. The first-order valence-electron chi connectivity index (χ1n) is 9.08. The number of aromatic nitrogens is 4. The molecule has 3 aromatic rings. The topological polar surface area (TPSA) is 80.4 Å². The molecule has 1 unspecified atom stereocenters. The number of anilines is 1. The standard InChI is InChI=1S/C19H21ClN6O2/c1-13(18-23-24-19(28-18)14-4-3-5-15(20)10-14)25-6-8-26(9-7-25)16-11-21-12-17(22-16)27-2/h3-5,10-13H,6-9H2,1-2H3. The van der Waals surface area contributed by atoms with Crippen molar-refractivity contribution in [1.82, 2.24) is 25.1 Å². The van der Waals surface area contributed by atoms with E-state index in [4.69, 9.17) is 20.8 Å². The predicted octanol–water partition coefficient (Wildman–Crippen LogP) is 3.07. The van der Waals surface area contributed by atoms with E-state index in [9.17, 15) is 0 Å². The second kappa shape index (κ2) is 8.12. The number of methoxy groups -OCH3 is 1. The van der Waals surface area contributed by atoms with Crippen LogP contribution in [0.1, 0.15) is 18.9 Å². The van der Waals surface area contributed by atoms with E-state index in [-0.39, 0.29) is 6.04 Å². The Kier molecular flexibility index (Phi) is 5.40. The Morgan fingerprint density at radius 3 is 2.71 bits per heavy atom. The van der Waals surface area contributed by atoms with Crippen molar-refractivity contribution in [3.8, 4) is 17.3 Å². The number of rotatable bonds is 5. The molecule has 0 radical (unpaired) electrons. The van der Waals surface area contributed by atoms with Crippen molar-refractivity contribution in [3.63, 3.8) is 0 Å². The summed E-state index contributed by atoms with van der Waals surface area (Å²) >= 11 is 6.05. The number of ether oxygens (including phenoxy) is 1. The molecule has 146 valence electrons. The minimum atomic E-state index is 0.0268. The van der Waals surface area contributed by atoms with E-state index in [0.29, 0.717) is 22.7 Å². The van der Waals surface area contributed by atoms with Gasteiger partial charge in [-0.2, -0.15) is 4.98 Å². The number of nitrogens with zero attached hydrogens (tertiary/aromatic N) is 6. The molecule has 1 aliphatic rings. The van der Waals surface area contributed by atoms with Crippen LogP contribution in [0.5, 0.6) is 5.88 Å². The second-order valence-electron chi connectivity index (χ2n) is 6.57. The van der Waals surface area contributed by atoms with Crippen molar-refractivity contribution in [3.05, 3.63) is 47.6 Å². The monoisotopic (exact) mass is 400 g/mol. The molecule has 1 atom stereocenters. The van der Waals surface area contributed by atoms with Gasteiger partial charge in [0, 0.05) is 36.8 Å². The summed E-state index contributed by atoms with van der Waals surface area (Å²) in [4.78, 5) is 13.2. The minimum absolute atomic E-state index is 0.0268. The van der Waals surface area contributed by atoms with Crippen molar-refractivity contribution in [2.45, 2.75) is 13.0 Å². The lowest BCUT2D eigenvalue weighted by atomic mass is 10.2. The van der Waals surface area contributed by atoms with Crippen LogP contribution in [0.2, 0.25) is 5.02 Å². The second-order valence-corrected chi connectivity index (χ2v) is 7.01. The molecule has 28 heavy (non-hydrogen) atoms. The Balaban J connectivity index is 1.41. The molecule has 3 heterocycles. The summed E-state index contributed by atoms with van der Waals surface area (Å²) in [5.74, 6) is 2.43. The molecular weight excluding hydrogens is 380 g/mol. The number of halogens is 1. The Morgan fingerprint density at radius 2 is 1.96 bits per heavy atom. The highest BCUT2D eigenvalue weighted by atomic mass is 35.5. The molecule has 0 saturated carbocycles. The van der Waals surface area contributed by atoms with Gasteiger partial charge in [-0.05, 0) is 25.1 Å². The van der Waals surface area contributed by atoms with Crippen LogP contribution in [0.4, 0.5) is 5.82 Å². The molecule has 0 amide bonds. The Labute approximate surface area is 168 Å². The molecule has 8 nitrogen and oxygen atoms in total. The summed E-state index contributed by atoms with van der Waals surface area (Å²) in [5.41, 5.74) is 0.819. The molecule has 1 fully saturated rings. The van der Waals surface area contributed by atoms with E-state index in [1.807, 2.05) is 24.3 Å². The zero-order valence-electron chi connectivity index (χ0n) is 15.7. The third-order valence-corrected chi connectivity index (χ3v) is 5.10. The third kappa shape index (κ3) is 3.93. The van der Waals surface area contributed by atoms with Gasteiger partial charge in [-0.1, -0.05) is 17.7 Å². The van der Waals surface area contributed by atoms with Crippen molar-refractivity contribution in [2.24, 2.45) is 0 Å². The van der Waals surface area contributed by atoms with Crippen LogP contribution >= 0.6 is 11.6 Å². The zero-order valence-corrected chi connectivity index (χ0v) is 16.5. The smallest absolute Gasteiger partial charge is 0.247 e. The van der Waals surface area contributed by atoms with Gasteiger partial charge >= 0.3 is 0 Å². The highest BCUT2D eigenvalue weighted by Crippen LogP contribution is 2.27. The molecule has 1 aliphatic heterocycles. The van der Waals surface area contributed by atoms with E-state index >= 15 is 0 Å². The zero-order chi connectivity index (χ0) is 19.5. The Hall–Kier alpha value is -2.71. The molecule has 0 bridgehead atoms. The van der Waals surface area contributed by atoms with Gasteiger partial charge in [0.25, 0.3) is 0 Å². The molecule has 1 saturated heterocycles. The van der Waals surface area contributed by atoms with Crippen LogP contribution in [-0.4, -0.2) is 58.4 Å². The first-order valence-corrected chi connectivity index (χ1v) is 9.46. The molecule has 9 heteroatoms. The third-order valence-electron chi connectivity index (χ3n) is 4.86. The maximum Gasteiger partial charge on any atom is 0.247 e. The molecule has 0 spiro atoms. The fourth-order valence-corrected chi connectivity index (χ4v) is 3.42. The van der Waals surface area contributed by atoms with Crippen molar-refractivity contribution >= 4 is 17.4 Å². The van der Waals surface area contributed by atoms with Gasteiger partial charge in [-0.3, -0.25) is 9.88 Å². The largest absolute Gasteiger partial charge is 0.480 e. The van der Waals surface area contributed by atoms with Crippen LogP contribution in [0, 0.1) is 0 Å². The lowest BCUT2D eigenvalue weighted by Gasteiger charge is -2.37. The molecular formula is C19H21ClN6O2. The fraction of sp³-hybridized carbons (Fsp3) is 0.368. The van der Waals surface area contributed by atoms with Gasteiger partial charge in [0.05, 0.1) is 25.5 Å². The number of hydrogen-bond donors (Lipinski definition) is 0. The van der Waals surface area contributed by atoms with Gasteiger partial charge in [0.1, 0.15) is 0 Å². The fourth-order valence-electron chi connectivity index (χ4n) is 3.23. The van der Waals surface area contributed by atoms with E-state index in [2.05, 4.69) is 36.9 Å². The first kappa shape index (κ1) is 18.6. The van der Waals surface area contributed by atoms with E-state index < -0.39 is 0 Å². The molecule has 0 N–H and O–H groups in total. The van der Waals surface area contributed by atoms with Gasteiger partial charge in [0.2, 0.25) is 17.7 Å². The van der Waals surface area contributed by atoms with Crippen LogP contribution in [0.3, 0.4) is 0 Å².